The lowest BCUT2D eigenvalue weighted by atomic mass is 10.2. The zero-order chi connectivity index (χ0) is 11.9. The first-order valence-electron chi connectivity index (χ1n) is 5.44. The van der Waals surface area contributed by atoms with Crippen LogP contribution in [0.25, 0.3) is 0 Å². The molecule has 0 aromatic heterocycles. The molecule has 0 aliphatic rings. The number of nitrogens with one attached hydrogen (secondary N) is 1. The zero-order valence-electron chi connectivity index (χ0n) is 10.3. The maximum atomic E-state index is 11.5. The quantitative estimate of drug-likeness (QED) is 0.418. The molecule has 0 saturated carbocycles. The van der Waals surface area contributed by atoms with Gasteiger partial charge in [-0.15, -0.1) is 6.58 Å². The minimum atomic E-state index is -0.409. The molecule has 3 nitrogen and oxygen atoms in total. The van der Waals surface area contributed by atoms with Crippen molar-refractivity contribution in [3.63, 3.8) is 0 Å². The third-order valence-electron chi connectivity index (χ3n) is 1.80. The smallest absolute Gasteiger partial charge is 0.323 e. The molecule has 88 valence electrons. The molecule has 0 amide bonds. The highest BCUT2D eigenvalue weighted by molar-refractivity contribution is 5.75. The second-order valence-electron chi connectivity index (χ2n) is 4.64. The standard InChI is InChI=1S/C12H23NO2/c1-6-7-8-9-13-10(2)11(14)15-12(3,4)5/h6,10,13H,1,7-9H2,2-5H3. The minimum Gasteiger partial charge on any atom is -0.459 e. The van der Waals surface area contributed by atoms with Gasteiger partial charge in [0.25, 0.3) is 0 Å². The van der Waals surface area contributed by atoms with Crippen LogP contribution in [-0.4, -0.2) is 24.2 Å². The molecule has 0 aromatic carbocycles. The highest BCUT2D eigenvalue weighted by atomic mass is 16.6. The van der Waals surface area contributed by atoms with Gasteiger partial charge in [0.1, 0.15) is 11.6 Å². The van der Waals surface area contributed by atoms with E-state index in [4.69, 9.17) is 4.74 Å². The van der Waals surface area contributed by atoms with Crippen molar-refractivity contribution in [2.75, 3.05) is 6.54 Å². The first-order chi connectivity index (χ1) is 6.87. The molecule has 1 atom stereocenters. The van der Waals surface area contributed by atoms with E-state index < -0.39 is 5.60 Å². The van der Waals surface area contributed by atoms with E-state index in [0.717, 1.165) is 19.4 Å². The summed E-state index contributed by atoms with van der Waals surface area (Å²) in [5.74, 6) is -0.193. The molecule has 15 heavy (non-hydrogen) atoms. The average Bonchev–Trinajstić information content (AvgIpc) is 2.09. The number of rotatable bonds is 6. The summed E-state index contributed by atoms with van der Waals surface area (Å²) < 4.78 is 5.23. The van der Waals surface area contributed by atoms with E-state index >= 15 is 0 Å². The van der Waals surface area contributed by atoms with Gasteiger partial charge in [0.15, 0.2) is 0 Å². The van der Waals surface area contributed by atoms with Gasteiger partial charge in [-0.1, -0.05) is 6.08 Å². The molecular weight excluding hydrogens is 190 g/mol. The molecule has 3 heteroatoms. The third-order valence-corrected chi connectivity index (χ3v) is 1.80. The summed E-state index contributed by atoms with van der Waals surface area (Å²) in [7, 11) is 0. The Labute approximate surface area is 92.9 Å². The highest BCUT2D eigenvalue weighted by Crippen LogP contribution is 2.08. The molecule has 1 unspecified atom stereocenters. The molecule has 0 aliphatic heterocycles. The molecule has 0 aliphatic carbocycles. The van der Waals surface area contributed by atoms with Gasteiger partial charge in [-0.3, -0.25) is 4.79 Å². The van der Waals surface area contributed by atoms with Gasteiger partial charge in [0.2, 0.25) is 0 Å². The van der Waals surface area contributed by atoms with Crippen LogP contribution >= 0.6 is 0 Å². The fourth-order valence-corrected chi connectivity index (χ4v) is 1.04. The van der Waals surface area contributed by atoms with Crippen LogP contribution in [0.5, 0.6) is 0 Å². The molecule has 0 saturated heterocycles. The number of allylic oxidation sites excluding steroid dienone is 1. The molecule has 0 bridgehead atoms. The van der Waals surface area contributed by atoms with Gasteiger partial charge in [-0.25, -0.2) is 0 Å². The van der Waals surface area contributed by atoms with Crippen molar-refractivity contribution in [2.24, 2.45) is 0 Å². The third kappa shape index (κ3) is 8.18. The van der Waals surface area contributed by atoms with Gasteiger partial charge >= 0.3 is 5.97 Å². The fraction of sp³-hybridized carbons (Fsp3) is 0.750. The van der Waals surface area contributed by atoms with E-state index in [1.54, 1.807) is 0 Å². The number of hydrogen-bond donors (Lipinski definition) is 1. The maximum absolute atomic E-state index is 11.5. The van der Waals surface area contributed by atoms with E-state index in [2.05, 4.69) is 11.9 Å². The second kappa shape index (κ2) is 6.62. The van der Waals surface area contributed by atoms with Gasteiger partial charge in [-0.05, 0) is 47.1 Å². The van der Waals surface area contributed by atoms with Gasteiger partial charge in [0.05, 0.1) is 0 Å². The van der Waals surface area contributed by atoms with E-state index in [1.165, 1.54) is 0 Å². The lowest BCUT2D eigenvalue weighted by molar-refractivity contribution is -0.156. The lowest BCUT2D eigenvalue weighted by Crippen LogP contribution is -2.39. The summed E-state index contributed by atoms with van der Waals surface area (Å²) in [6, 6.07) is -0.242. The van der Waals surface area contributed by atoms with Crippen LogP contribution in [0.1, 0.15) is 40.5 Å². The predicted octanol–water partition coefficient (Wildman–Crippen LogP) is 2.27. The molecule has 0 spiro atoms. The summed E-state index contributed by atoms with van der Waals surface area (Å²) in [5, 5.41) is 3.12. The number of hydrogen-bond acceptors (Lipinski definition) is 3. The van der Waals surface area contributed by atoms with Crippen molar-refractivity contribution in [1.29, 1.82) is 0 Å². The Morgan fingerprint density at radius 3 is 2.60 bits per heavy atom. The monoisotopic (exact) mass is 213 g/mol. The Morgan fingerprint density at radius 2 is 2.13 bits per heavy atom. The van der Waals surface area contributed by atoms with Crippen LogP contribution in [0.3, 0.4) is 0 Å². The number of unbranched alkanes of at least 4 members (excludes halogenated alkanes) is 1. The first kappa shape index (κ1) is 14.2. The zero-order valence-corrected chi connectivity index (χ0v) is 10.3. The minimum absolute atomic E-state index is 0.193. The van der Waals surface area contributed by atoms with Crippen LogP contribution < -0.4 is 5.32 Å². The molecule has 0 rings (SSSR count). The summed E-state index contributed by atoms with van der Waals surface area (Å²) >= 11 is 0. The molecular formula is C12H23NO2. The maximum Gasteiger partial charge on any atom is 0.323 e. The lowest BCUT2D eigenvalue weighted by Gasteiger charge is -2.22. The Hall–Kier alpha value is -0.830. The van der Waals surface area contributed by atoms with Crippen LogP contribution in [0.2, 0.25) is 0 Å². The van der Waals surface area contributed by atoms with E-state index in [-0.39, 0.29) is 12.0 Å². The predicted molar refractivity (Wildman–Crippen MR) is 62.7 cm³/mol. The number of ether oxygens (including phenoxy) is 1. The summed E-state index contributed by atoms with van der Waals surface area (Å²) in [6.45, 7) is 11.9. The Morgan fingerprint density at radius 1 is 1.53 bits per heavy atom. The van der Waals surface area contributed by atoms with Crippen molar-refractivity contribution < 1.29 is 9.53 Å². The molecule has 1 N–H and O–H groups in total. The van der Waals surface area contributed by atoms with Crippen molar-refractivity contribution in [3.05, 3.63) is 12.7 Å². The Kier molecular flexibility index (Phi) is 6.25. The van der Waals surface area contributed by atoms with Gasteiger partial charge in [-0.2, -0.15) is 0 Å². The van der Waals surface area contributed by atoms with Gasteiger partial charge < -0.3 is 10.1 Å². The van der Waals surface area contributed by atoms with Crippen LogP contribution in [0.15, 0.2) is 12.7 Å². The number of carbonyl (C=O) groups is 1. The molecule has 0 fully saturated rings. The van der Waals surface area contributed by atoms with Crippen molar-refractivity contribution in [3.8, 4) is 0 Å². The molecule has 0 radical (unpaired) electrons. The van der Waals surface area contributed by atoms with Crippen LogP contribution in [0.4, 0.5) is 0 Å². The molecule has 0 aromatic rings. The SMILES string of the molecule is C=CCCCNC(C)C(=O)OC(C)(C)C. The van der Waals surface area contributed by atoms with Crippen LogP contribution in [0, 0.1) is 0 Å². The number of esters is 1. The van der Waals surface area contributed by atoms with Gasteiger partial charge in [0, 0.05) is 0 Å². The van der Waals surface area contributed by atoms with E-state index in [1.807, 2.05) is 33.8 Å². The number of carbonyl (C=O) groups excluding carboxylic acids is 1. The van der Waals surface area contributed by atoms with E-state index in [0.29, 0.717) is 0 Å². The second-order valence-corrected chi connectivity index (χ2v) is 4.64. The fourth-order valence-electron chi connectivity index (χ4n) is 1.04. The highest BCUT2D eigenvalue weighted by Gasteiger charge is 2.20. The largest absolute Gasteiger partial charge is 0.459 e. The Bertz CT molecular complexity index is 206. The summed E-state index contributed by atoms with van der Waals surface area (Å²) in [5.41, 5.74) is -0.409. The summed E-state index contributed by atoms with van der Waals surface area (Å²) in [6.07, 6.45) is 3.84. The first-order valence-corrected chi connectivity index (χ1v) is 5.44. The van der Waals surface area contributed by atoms with E-state index in [9.17, 15) is 4.79 Å². The normalized spacial score (nSPS) is 13.3. The molecule has 0 heterocycles. The van der Waals surface area contributed by atoms with Crippen molar-refractivity contribution in [2.45, 2.75) is 52.2 Å². The van der Waals surface area contributed by atoms with Crippen LogP contribution in [-0.2, 0) is 9.53 Å². The van der Waals surface area contributed by atoms with Crippen molar-refractivity contribution in [1.82, 2.24) is 5.32 Å². The topological polar surface area (TPSA) is 38.3 Å². The summed E-state index contributed by atoms with van der Waals surface area (Å²) in [4.78, 5) is 11.5. The average molecular weight is 213 g/mol. The van der Waals surface area contributed by atoms with Crippen molar-refractivity contribution >= 4 is 5.97 Å². The Balaban J connectivity index is 3.74.